The van der Waals surface area contributed by atoms with Gasteiger partial charge in [0.15, 0.2) is 5.82 Å². The number of aromatic nitrogens is 2. The van der Waals surface area contributed by atoms with E-state index in [1.54, 1.807) is 6.92 Å². The summed E-state index contributed by atoms with van der Waals surface area (Å²) in [5, 5.41) is 13.2. The topological polar surface area (TPSA) is 76.7 Å². The fourth-order valence-corrected chi connectivity index (χ4v) is 1.66. The Morgan fingerprint density at radius 2 is 2.14 bits per heavy atom. The molecule has 1 heterocycles. The minimum Gasteiger partial charge on any atom is -0.481 e. The lowest BCUT2D eigenvalue weighted by Gasteiger charge is -2.04. The number of aliphatic carboxylic acids is 1. The van der Waals surface area contributed by atoms with Crippen LogP contribution in [0.5, 0.6) is 0 Å². The van der Waals surface area contributed by atoms with Gasteiger partial charge in [-0.25, -0.2) is 9.67 Å². The van der Waals surface area contributed by atoms with Gasteiger partial charge in [0.1, 0.15) is 11.5 Å². The summed E-state index contributed by atoms with van der Waals surface area (Å²) in [5.74, 6) is -0.468. The third-order valence-corrected chi connectivity index (χ3v) is 2.68. The molecule has 6 heteroatoms. The van der Waals surface area contributed by atoms with Crippen LogP contribution in [0.2, 0.25) is 0 Å². The molecule has 0 atom stereocenters. The summed E-state index contributed by atoms with van der Waals surface area (Å²) < 4.78 is 6.51. The molecule has 1 rings (SSSR count). The van der Waals surface area contributed by atoms with Crippen LogP contribution in [0.3, 0.4) is 0 Å². The molecule has 110 valence electrons. The normalized spacial score (nSPS) is 10.8. The third-order valence-electron chi connectivity index (χ3n) is 2.68. The van der Waals surface area contributed by atoms with E-state index in [9.17, 15) is 4.79 Å². The second kappa shape index (κ2) is 7.04. The van der Waals surface area contributed by atoms with Gasteiger partial charge in [-0.05, 0) is 13.0 Å². The Bertz CT molecular complexity index is 639. The van der Waals surface area contributed by atoms with Crippen LogP contribution in [-0.4, -0.2) is 26.6 Å². The number of carboxylic acids is 1. The molecule has 1 aromatic heterocycles. The zero-order valence-electron chi connectivity index (χ0n) is 11.9. The molecule has 21 heavy (non-hydrogen) atoms. The summed E-state index contributed by atoms with van der Waals surface area (Å²) in [6.45, 7) is 16.1. The van der Waals surface area contributed by atoms with Crippen molar-refractivity contribution in [2.45, 2.75) is 13.3 Å². The van der Waals surface area contributed by atoms with Crippen molar-refractivity contribution >= 4 is 23.7 Å². The molecule has 0 radical (unpaired) electrons. The van der Waals surface area contributed by atoms with Crippen LogP contribution in [-0.2, 0) is 16.0 Å². The fraction of sp³-hybridized carbons (Fsp3) is 0.133. The van der Waals surface area contributed by atoms with Crippen molar-refractivity contribution < 1.29 is 14.6 Å². The summed E-state index contributed by atoms with van der Waals surface area (Å²) in [4.78, 5) is 15.2. The molecule has 0 saturated heterocycles. The Labute approximate surface area is 123 Å². The zero-order chi connectivity index (χ0) is 16.0. The van der Waals surface area contributed by atoms with E-state index in [1.165, 1.54) is 23.2 Å². The van der Waals surface area contributed by atoms with Gasteiger partial charge in [0.05, 0.1) is 12.7 Å². The summed E-state index contributed by atoms with van der Waals surface area (Å²) >= 11 is 0. The summed E-state index contributed by atoms with van der Waals surface area (Å²) in [6.07, 6.45) is 3.94. The number of hydrogen-bond acceptors (Lipinski definition) is 4. The molecule has 0 aliphatic rings. The van der Waals surface area contributed by atoms with E-state index in [2.05, 4.69) is 36.4 Å². The third kappa shape index (κ3) is 3.79. The summed E-state index contributed by atoms with van der Waals surface area (Å²) in [7, 11) is 0. The minimum absolute atomic E-state index is 0.197. The molecule has 1 aromatic rings. The van der Waals surface area contributed by atoms with E-state index in [4.69, 9.17) is 9.84 Å². The van der Waals surface area contributed by atoms with Crippen molar-refractivity contribution in [2.24, 2.45) is 4.99 Å². The van der Waals surface area contributed by atoms with Crippen molar-refractivity contribution in [2.75, 3.05) is 0 Å². The highest BCUT2D eigenvalue weighted by atomic mass is 16.5. The molecule has 0 fully saturated rings. The SMILES string of the molecule is C=COC(=C)C(C=C)=Nc1nn(C=C)c(C)c1CC(=O)O. The Hall–Kier alpha value is -2.89. The average Bonchev–Trinajstić information content (AvgIpc) is 2.72. The van der Waals surface area contributed by atoms with Gasteiger partial charge in [0.25, 0.3) is 0 Å². The average molecular weight is 287 g/mol. The van der Waals surface area contributed by atoms with Gasteiger partial charge in [0.2, 0.25) is 0 Å². The predicted octanol–water partition coefficient (Wildman–Crippen LogP) is 2.85. The Balaban J connectivity index is 3.36. The first-order chi connectivity index (χ1) is 9.94. The molecule has 0 bridgehead atoms. The number of allylic oxidation sites excluding steroid dienone is 1. The molecular weight excluding hydrogens is 270 g/mol. The van der Waals surface area contributed by atoms with Gasteiger partial charge in [-0.2, -0.15) is 0 Å². The van der Waals surface area contributed by atoms with E-state index in [0.717, 1.165) is 0 Å². The molecule has 1 N–H and O–H groups in total. The van der Waals surface area contributed by atoms with Crippen LogP contribution in [0.1, 0.15) is 11.3 Å². The molecule has 0 amide bonds. The lowest BCUT2D eigenvalue weighted by molar-refractivity contribution is -0.136. The van der Waals surface area contributed by atoms with Gasteiger partial charge in [-0.15, -0.1) is 5.10 Å². The van der Waals surface area contributed by atoms with E-state index in [-0.39, 0.29) is 18.0 Å². The first-order valence-electron chi connectivity index (χ1n) is 6.04. The second-order valence-corrected chi connectivity index (χ2v) is 3.99. The second-order valence-electron chi connectivity index (χ2n) is 3.99. The summed E-state index contributed by atoms with van der Waals surface area (Å²) in [5.41, 5.74) is 1.49. The fourth-order valence-electron chi connectivity index (χ4n) is 1.66. The van der Waals surface area contributed by atoms with E-state index >= 15 is 0 Å². The maximum absolute atomic E-state index is 11.0. The van der Waals surface area contributed by atoms with Gasteiger partial charge in [-0.1, -0.05) is 26.3 Å². The molecule has 0 aromatic carbocycles. The first-order valence-corrected chi connectivity index (χ1v) is 6.04. The highest BCUT2D eigenvalue weighted by Gasteiger charge is 2.17. The lowest BCUT2D eigenvalue weighted by atomic mass is 10.1. The lowest BCUT2D eigenvalue weighted by Crippen LogP contribution is -2.03. The predicted molar refractivity (Wildman–Crippen MR) is 82.4 cm³/mol. The van der Waals surface area contributed by atoms with Gasteiger partial charge < -0.3 is 9.84 Å². The van der Waals surface area contributed by atoms with E-state index in [0.29, 0.717) is 17.0 Å². The molecule has 0 aliphatic heterocycles. The standard InChI is InChI=1S/C15H17N3O3/c1-6-13(11(5)21-8-3)16-15-12(9-14(19)20)10(4)18(7-2)17-15/h6-8H,1-3,5,9H2,4H3,(H,19,20). The monoisotopic (exact) mass is 287 g/mol. The van der Waals surface area contributed by atoms with Crippen LogP contribution in [0.15, 0.2) is 49.4 Å². The number of aliphatic imine (C=N–C) groups is 1. The highest BCUT2D eigenvalue weighted by Crippen LogP contribution is 2.24. The highest BCUT2D eigenvalue weighted by molar-refractivity contribution is 6.07. The molecule has 0 spiro atoms. The van der Waals surface area contributed by atoms with Crippen LogP contribution >= 0.6 is 0 Å². The van der Waals surface area contributed by atoms with Crippen molar-refractivity contribution in [3.8, 4) is 0 Å². The van der Waals surface area contributed by atoms with Gasteiger partial charge in [0, 0.05) is 17.5 Å². The zero-order valence-corrected chi connectivity index (χ0v) is 11.9. The van der Waals surface area contributed by atoms with Crippen molar-refractivity contribution in [1.82, 2.24) is 9.78 Å². The molecular formula is C15H17N3O3. The quantitative estimate of drug-likeness (QED) is 0.589. The Morgan fingerprint density at radius 1 is 1.48 bits per heavy atom. The number of hydrogen-bond donors (Lipinski definition) is 1. The number of carbonyl (C=O) groups is 1. The number of nitrogens with zero attached hydrogens (tertiary/aromatic N) is 3. The first kappa shape index (κ1) is 16.2. The molecule has 0 aliphatic carbocycles. The molecule has 0 unspecified atom stereocenters. The number of rotatable bonds is 8. The van der Waals surface area contributed by atoms with Crippen LogP contribution in [0.25, 0.3) is 6.20 Å². The van der Waals surface area contributed by atoms with Crippen LogP contribution in [0, 0.1) is 6.92 Å². The Kier molecular flexibility index (Phi) is 5.42. The molecule has 6 nitrogen and oxygen atoms in total. The largest absolute Gasteiger partial charge is 0.481 e. The minimum atomic E-state index is -0.973. The maximum atomic E-state index is 11.0. The van der Waals surface area contributed by atoms with Crippen molar-refractivity contribution in [3.63, 3.8) is 0 Å². The van der Waals surface area contributed by atoms with Gasteiger partial charge >= 0.3 is 5.97 Å². The maximum Gasteiger partial charge on any atom is 0.308 e. The van der Waals surface area contributed by atoms with Crippen LogP contribution < -0.4 is 0 Å². The summed E-state index contributed by atoms with van der Waals surface area (Å²) in [6, 6.07) is 0. The number of ether oxygens (including phenoxy) is 1. The van der Waals surface area contributed by atoms with Crippen molar-refractivity contribution in [3.05, 3.63) is 55.7 Å². The molecule has 0 saturated carbocycles. The van der Waals surface area contributed by atoms with Crippen LogP contribution in [0.4, 0.5) is 5.82 Å². The van der Waals surface area contributed by atoms with E-state index < -0.39 is 5.97 Å². The van der Waals surface area contributed by atoms with E-state index in [1.807, 2.05) is 0 Å². The Morgan fingerprint density at radius 3 is 2.62 bits per heavy atom. The smallest absolute Gasteiger partial charge is 0.308 e. The van der Waals surface area contributed by atoms with Crippen molar-refractivity contribution in [1.29, 1.82) is 0 Å². The number of carboxylic acid groups (broad SMARTS) is 1. The van der Waals surface area contributed by atoms with Gasteiger partial charge in [-0.3, -0.25) is 4.79 Å².